The van der Waals surface area contributed by atoms with Crippen LogP contribution in [0, 0.1) is 0 Å². The molecule has 0 radical (unpaired) electrons. The van der Waals surface area contributed by atoms with Crippen LogP contribution in [-0.4, -0.2) is 58.5 Å². The van der Waals surface area contributed by atoms with Crippen LogP contribution >= 0.6 is 0 Å². The fourth-order valence-corrected chi connectivity index (χ4v) is 4.43. The quantitative estimate of drug-likeness (QED) is 0.394. The third kappa shape index (κ3) is 4.87. The molecule has 1 saturated carbocycles. The van der Waals surface area contributed by atoms with E-state index >= 15 is 0 Å². The van der Waals surface area contributed by atoms with Crippen LogP contribution in [0.15, 0.2) is 35.7 Å². The molecular weight excluding hydrogens is 394 g/mol. The number of anilines is 3. The van der Waals surface area contributed by atoms with Crippen molar-refractivity contribution in [2.24, 2.45) is 5.16 Å². The second-order valence-corrected chi connectivity index (χ2v) is 8.10. The summed E-state index contributed by atoms with van der Waals surface area (Å²) >= 11 is 0. The third-order valence-corrected chi connectivity index (χ3v) is 6.19. The molecule has 4 N–H and O–H groups in total. The average molecular weight is 424 g/mol. The highest BCUT2D eigenvalue weighted by molar-refractivity contribution is 5.92. The van der Waals surface area contributed by atoms with Crippen LogP contribution in [0.25, 0.3) is 0 Å². The van der Waals surface area contributed by atoms with E-state index in [-0.39, 0.29) is 11.8 Å². The van der Waals surface area contributed by atoms with Gasteiger partial charge in [0.15, 0.2) is 0 Å². The highest BCUT2D eigenvalue weighted by Crippen LogP contribution is 2.33. The van der Waals surface area contributed by atoms with Crippen LogP contribution in [0.1, 0.15) is 49.1 Å². The van der Waals surface area contributed by atoms with Gasteiger partial charge >= 0.3 is 6.03 Å². The van der Waals surface area contributed by atoms with Gasteiger partial charge in [-0.15, -0.1) is 0 Å². The summed E-state index contributed by atoms with van der Waals surface area (Å²) in [5.41, 5.74) is 8.54. The maximum absolute atomic E-state index is 12.7. The lowest BCUT2D eigenvalue weighted by Crippen LogP contribution is -2.50. The number of urea groups is 1. The van der Waals surface area contributed by atoms with Crippen LogP contribution < -0.4 is 16.0 Å². The Kier molecular flexibility index (Phi) is 6.49. The number of aromatic nitrogens is 2. The maximum Gasteiger partial charge on any atom is 0.321 e. The first-order chi connectivity index (χ1) is 15.2. The number of amides is 2. The SMILES string of the molecule is Nc1ncnc(N2CCN(C(=O)Nc3ccc(C4CCCCC4)cc3)CC2)c1C=NO. The van der Waals surface area contributed by atoms with Crippen molar-refractivity contribution in [1.82, 2.24) is 14.9 Å². The molecule has 1 saturated heterocycles. The van der Waals surface area contributed by atoms with E-state index in [4.69, 9.17) is 10.9 Å². The molecule has 31 heavy (non-hydrogen) atoms. The van der Waals surface area contributed by atoms with Gasteiger partial charge in [-0.2, -0.15) is 0 Å². The molecule has 1 aromatic carbocycles. The second-order valence-electron chi connectivity index (χ2n) is 8.10. The van der Waals surface area contributed by atoms with E-state index < -0.39 is 0 Å². The van der Waals surface area contributed by atoms with Gasteiger partial charge in [-0.3, -0.25) is 0 Å². The Labute approximate surface area is 182 Å². The third-order valence-electron chi connectivity index (χ3n) is 6.19. The Bertz CT molecular complexity index is 918. The standard InChI is InChI=1S/C22H29N7O2/c23-20-19(14-26-31)21(25-15-24-20)28-10-12-29(13-11-28)22(30)27-18-8-6-17(7-9-18)16-4-2-1-3-5-16/h6-9,14-16,31H,1-5,10-13H2,(H,27,30)(H2,23,24,25). The first-order valence-corrected chi connectivity index (χ1v) is 10.8. The molecule has 2 heterocycles. The Morgan fingerprint density at radius 1 is 1.10 bits per heavy atom. The molecule has 2 amide bonds. The molecule has 4 rings (SSSR count). The molecule has 2 fully saturated rings. The van der Waals surface area contributed by atoms with Crippen molar-refractivity contribution in [1.29, 1.82) is 0 Å². The van der Waals surface area contributed by atoms with Crippen molar-refractivity contribution in [3.8, 4) is 0 Å². The predicted molar refractivity (Wildman–Crippen MR) is 121 cm³/mol. The number of hydrogen-bond donors (Lipinski definition) is 3. The number of hydrogen-bond acceptors (Lipinski definition) is 7. The fraction of sp³-hybridized carbons (Fsp3) is 0.455. The number of rotatable bonds is 4. The summed E-state index contributed by atoms with van der Waals surface area (Å²) in [6.45, 7) is 2.28. The minimum atomic E-state index is -0.107. The van der Waals surface area contributed by atoms with Gasteiger partial charge in [0.05, 0.1) is 11.8 Å². The Balaban J connectivity index is 1.33. The van der Waals surface area contributed by atoms with Crippen molar-refractivity contribution < 1.29 is 10.0 Å². The Hall–Kier alpha value is -3.36. The van der Waals surface area contributed by atoms with E-state index in [0.29, 0.717) is 43.5 Å². The molecule has 0 bridgehead atoms. The monoisotopic (exact) mass is 423 g/mol. The van der Waals surface area contributed by atoms with Crippen LogP contribution in [0.5, 0.6) is 0 Å². The first-order valence-electron chi connectivity index (χ1n) is 10.8. The molecule has 1 aliphatic carbocycles. The number of nitrogen functional groups attached to an aromatic ring is 1. The van der Waals surface area contributed by atoms with Gasteiger partial charge in [-0.05, 0) is 36.5 Å². The van der Waals surface area contributed by atoms with Crippen molar-refractivity contribution in [2.75, 3.05) is 42.1 Å². The van der Waals surface area contributed by atoms with Crippen LogP contribution in [0.3, 0.4) is 0 Å². The van der Waals surface area contributed by atoms with E-state index in [0.717, 1.165) is 5.69 Å². The zero-order valence-corrected chi connectivity index (χ0v) is 17.6. The van der Waals surface area contributed by atoms with Crippen molar-refractivity contribution >= 4 is 29.6 Å². The largest absolute Gasteiger partial charge is 0.411 e. The lowest BCUT2D eigenvalue weighted by molar-refractivity contribution is 0.208. The predicted octanol–water partition coefficient (Wildman–Crippen LogP) is 3.27. The number of oxime groups is 1. The topological polar surface area (TPSA) is 120 Å². The number of carbonyl (C=O) groups excluding carboxylic acids is 1. The smallest absolute Gasteiger partial charge is 0.321 e. The number of nitrogens with zero attached hydrogens (tertiary/aromatic N) is 5. The highest BCUT2D eigenvalue weighted by Gasteiger charge is 2.24. The zero-order valence-electron chi connectivity index (χ0n) is 17.6. The minimum absolute atomic E-state index is 0.107. The first kappa shape index (κ1) is 20.9. The molecule has 0 unspecified atom stereocenters. The van der Waals surface area contributed by atoms with Crippen LogP contribution in [0.2, 0.25) is 0 Å². The van der Waals surface area contributed by atoms with Crippen LogP contribution in [-0.2, 0) is 0 Å². The van der Waals surface area contributed by atoms with E-state index in [1.807, 2.05) is 17.0 Å². The molecule has 164 valence electrons. The van der Waals surface area contributed by atoms with Crippen molar-refractivity contribution in [3.63, 3.8) is 0 Å². The maximum atomic E-state index is 12.7. The molecule has 0 spiro atoms. The summed E-state index contributed by atoms with van der Waals surface area (Å²) in [7, 11) is 0. The van der Waals surface area contributed by atoms with E-state index in [9.17, 15) is 4.79 Å². The summed E-state index contributed by atoms with van der Waals surface area (Å²) < 4.78 is 0. The molecule has 2 aromatic rings. The highest BCUT2D eigenvalue weighted by atomic mass is 16.4. The van der Waals surface area contributed by atoms with E-state index in [1.54, 1.807) is 4.90 Å². The van der Waals surface area contributed by atoms with Gasteiger partial charge in [-0.1, -0.05) is 36.6 Å². The van der Waals surface area contributed by atoms with Gasteiger partial charge in [0.25, 0.3) is 0 Å². The Morgan fingerprint density at radius 2 is 1.81 bits per heavy atom. The van der Waals surface area contributed by atoms with Gasteiger partial charge in [0.2, 0.25) is 0 Å². The number of nitrogens with two attached hydrogens (primary N) is 1. The summed E-state index contributed by atoms with van der Waals surface area (Å²) in [5.74, 6) is 1.51. The van der Waals surface area contributed by atoms with Gasteiger partial charge in [-0.25, -0.2) is 14.8 Å². The molecular formula is C22H29N7O2. The number of piperazine rings is 1. The second kappa shape index (κ2) is 9.63. The van der Waals surface area contributed by atoms with E-state index in [1.165, 1.54) is 50.2 Å². The Morgan fingerprint density at radius 3 is 2.48 bits per heavy atom. The molecule has 2 aliphatic rings. The molecule has 9 nitrogen and oxygen atoms in total. The summed E-state index contributed by atoms with van der Waals surface area (Å²) in [4.78, 5) is 24.7. The fourth-order valence-electron chi connectivity index (χ4n) is 4.43. The van der Waals surface area contributed by atoms with Crippen molar-refractivity contribution in [3.05, 3.63) is 41.7 Å². The summed E-state index contributed by atoms with van der Waals surface area (Å²) in [6, 6.07) is 8.19. The summed E-state index contributed by atoms with van der Waals surface area (Å²) in [6.07, 6.45) is 9.12. The van der Waals surface area contributed by atoms with E-state index in [2.05, 4.69) is 32.6 Å². The zero-order chi connectivity index (χ0) is 21.6. The van der Waals surface area contributed by atoms with Gasteiger partial charge in [0.1, 0.15) is 18.0 Å². The number of nitrogens with one attached hydrogen (secondary N) is 1. The lowest BCUT2D eigenvalue weighted by atomic mass is 9.84. The molecule has 1 aliphatic heterocycles. The van der Waals surface area contributed by atoms with Gasteiger partial charge < -0.3 is 26.1 Å². The van der Waals surface area contributed by atoms with Crippen LogP contribution in [0.4, 0.5) is 22.1 Å². The normalized spacial score (nSPS) is 17.8. The minimum Gasteiger partial charge on any atom is -0.411 e. The molecule has 9 heteroatoms. The van der Waals surface area contributed by atoms with Gasteiger partial charge in [0, 0.05) is 31.9 Å². The average Bonchev–Trinajstić information content (AvgIpc) is 2.82. The molecule has 0 atom stereocenters. The molecule has 1 aromatic heterocycles. The number of benzene rings is 1. The number of carbonyl (C=O) groups is 1. The summed E-state index contributed by atoms with van der Waals surface area (Å²) in [5, 5.41) is 15.0. The lowest BCUT2D eigenvalue weighted by Gasteiger charge is -2.35. The van der Waals surface area contributed by atoms with Crippen molar-refractivity contribution in [2.45, 2.75) is 38.0 Å².